The van der Waals surface area contributed by atoms with Gasteiger partial charge in [0.1, 0.15) is 0 Å². The molecule has 4 nitrogen and oxygen atoms in total. The standard InChI is InChI=1S/C19H25NO3/c1-23-16-9-7-15(8-10-16)20-19(22)14-6-11-17-13(12-14)4-2-3-5-18(17)21/h6,11-12,15-16H,2-5,7-10H2,1H3,(H,20,22). The quantitative estimate of drug-likeness (QED) is 0.871. The zero-order valence-corrected chi connectivity index (χ0v) is 13.8. The first kappa shape index (κ1) is 16.2. The van der Waals surface area contributed by atoms with Gasteiger partial charge in [0, 0.05) is 30.7 Å². The molecule has 124 valence electrons. The largest absolute Gasteiger partial charge is 0.381 e. The summed E-state index contributed by atoms with van der Waals surface area (Å²) in [6.07, 6.45) is 7.74. The zero-order chi connectivity index (χ0) is 16.2. The maximum absolute atomic E-state index is 12.5. The average molecular weight is 315 g/mol. The molecule has 0 bridgehead atoms. The normalized spacial score (nSPS) is 24.7. The average Bonchev–Trinajstić information content (AvgIpc) is 2.77. The van der Waals surface area contributed by atoms with Crippen LogP contribution in [0.1, 0.15) is 71.2 Å². The molecule has 0 aliphatic heterocycles. The van der Waals surface area contributed by atoms with Crippen molar-refractivity contribution in [2.45, 2.75) is 63.5 Å². The summed E-state index contributed by atoms with van der Waals surface area (Å²) in [4.78, 5) is 24.5. The number of fused-ring (bicyclic) bond motifs is 1. The van der Waals surface area contributed by atoms with Crippen molar-refractivity contribution in [3.8, 4) is 0 Å². The number of methoxy groups -OCH3 is 1. The van der Waals surface area contributed by atoms with Gasteiger partial charge in [-0.1, -0.05) is 6.07 Å². The molecule has 2 aliphatic rings. The van der Waals surface area contributed by atoms with Crippen molar-refractivity contribution < 1.29 is 14.3 Å². The van der Waals surface area contributed by atoms with E-state index >= 15 is 0 Å². The Bertz CT molecular complexity index is 588. The number of nitrogens with one attached hydrogen (secondary N) is 1. The molecule has 0 spiro atoms. The van der Waals surface area contributed by atoms with Crippen LogP contribution in [-0.2, 0) is 11.2 Å². The highest BCUT2D eigenvalue weighted by Gasteiger charge is 2.23. The van der Waals surface area contributed by atoms with Crippen LogP contribution in [0.5, 0.6) is 0 Å². The van der Waals surface area contributed by atoms with E-state index < -0.39 is 0 Å². The van der Waals surface area contributed by atoms with Crippen LogP contribution < -0.4 is 5.32 Å². The predicted octanol–water partition coefficient (Wildman–Crippen LogP) is 3.28. The maximum atomic E-state index is 12.5. The number of benzene rings is 1. The predicted molar refractivity (Wildman–Crippen MR) is 88.8 cm³/mol. The lowest BCUT2D eigenvalue weighted by Crippen LogP contribution is -2.39. The summed E-state index contributed by atoms with van der Waals surface area (Å²) in [5.41, 5.74) is 2.51. The van der Waals surface area contributed by atoms with E-state index in [0.717, 1.165) is 56.1 Å². The molecule has 0 radical (unpaired) electrons. The summed E-state index contributed by atoms with van der Waals surface area (Å²) in [5.74, 6) is 0.188. The van der Waals surface area contributed by atoms with Crippen molar-refractivity contribution in [2.24, 2.45) is 0 Å². The summed E-state index contributed by atoms with van der Waals surface area (Å²) >= 11 is 0. The molecule has 1 saturated carbocycles. The first-order valence-corrected chi connectivity index (χ1v) is 8.67. The third-order valence-electron chi connectivity index (χ3n) is 5.11. The van der Waals surface area contributed by atoms with Gasteiger partial charge >= 0.3 is 0 Å². The summed E-state index contributed by atoms with van der Waals surface area (Å²) in [5, 5.41) is 3.13. The first-order chi connectivity index (χ1) is 11.2. The smallest absolute Gasteiger partial charge is 0.251 e. The number of ketones is 1. The fourth-order valence-electron chi connectivity index (χ4n) is 3.66. The van der Waals surface area contributed by atoms with Gasteiger partial charge in [-0.2, -0.15) is 0 Å². The highest BCUT2D eigenvalue weighted by Crippen LogP contribution is 2.23. The van der Waals surface area contributed by atoms with Crippen molar-refractivity contribution in [3.63, 3.8) is 0 Å². The van der Waals surface area contributed by atoms with E-state index in [2.05, 4.69) is 5.32 Å². The Labute approximate surface area is 137 Å². The van der Waals surface area contributed by atoms with Crippen LogP contribution in [0.4, 0.5) is 0 Å². The summed E-state index contributed by atoms with van der Waals surface area (Å²) < 4.78 is 5.37. The number of hydrogen-bond acceptors (Lipinski definition) is 3. The molecular formula is C19H25NO3. The van der Waals surface area contributed by atoms with Crippen molar-refractivity contribution in [1.82, 2.24) is 5.32 Å². The number of carbonyl (C=O) groups is 2. The van der Waals surface area contributed by atoms with E-state index in [1.54, 1.807) is 13.2 Å². The topological polar surface area (TPSA) is 55.4 Å². The molecule has 23 heavy (non-hydrogen) atoms. The number of Topliss-reactive ketones (excluding diaryl/α,β-unsaturated/α-hetero) is 1. The molecule has 1 fully saturated rings. The number of amides is 1. The molecule has 0 aromatic heterocycles. The number of carbonyl (C=O) groups excluding carboxylic acids is 2. The van der Waals surface area contributed by atoms with Crippen LogP contribution >= 0.6 is 0 Å². The fraction of sp³-hybridized carbons (Fsp3) is 0.579. The zero-order valence-electron chi connectivity index (χ0n) is 13.8. The van der Waals surface area contributed by atoms with Crippen molar-refractivity contribution in [3.05, 3.63) is 34.9 Å². The van der Waals surface area contributed by atoms with Crippen LogP contribution in [0.2, 0.25) is 0 Å². The van der Waals surface area contributed by atoms with Crippen LogP contribution in [0.15, 0.2) is 18.2 Å². The Morgan fingerprint density at radius 1 is 1.13 bits per heavy atom. The molecule has 3 rings (SSSR count). The maximum Gasteiger partial charge on any atom is 0.251 e. The molecule has 1 aromatic carbocycles. The second-order valence-electron chi connectivity index (χ2n) is 6.69. The van der Waals surface area contributed by atoms with Gasteiger partial charge in [-0.3, -0.25) is 9.59 Å². The third kappa shape index (κ3) is 3.81. The van der Waals surface area contributed by atoms with Crippen LogP contribution in [0, 0.1) is 0 Å². The van der Waals surface area contributed by atoms with Crippen LogP contribution in [0.3, 0.4) is 0 Å². The fourth-order valence-corrected chi connectivity index (χ4v) is 3.66. The van der Waals surface area contributed by atoms with Gasteiger partial charge < -0.3 is 10.1 Å². The molecular weight excluding hydrogens is 290 g/mol. The summed E-state index contributed by atoms with van der Waals surface area (Å²) in [6, 6.07) is 5.77. The molecule has 0 heterocycles. The van der Waals surface area contributed by atoms with Gasteiger partial charge in [-0.05, 0) is 62.6 Å². The van der Waals surface area contributed by atoms with Gasteiger partial charge in [0.05, 0.1) is 6.10 Å². The van der Waals surface area contributed by atoms with Gasteiger partial charge in [0.2, 0.25) is 0 Å². The highest BCUT2D eigenvalue weighted by molar-refractivity contribution is 6.00. The number of aryl methyl sites for hydroxylation is 1. The summed E-state index contributed by atoms with van der Waals surface area (Å²) in [7, 11) is 1.75. The van der Waals surface area contributed by atoms with E-state index in [0.29, 0.717) is 18.1 Å². The number of hydrogen-bond donors (Lipinski definition) is 1. The Balaban J connectivity index is 1.66. The SMILES string of the molecule is COC1CCC(NC(=O)c2ccc3c(c2)CCCCC3=O)CC1. The van der Waals surface area contributed by atoms with E-state index in [9.17, 15) is 9.59 Å². The van der Waals surface area contributed by atoms with E-state index in [1.807, 2.05) is 12.1 Å². The number of ether oxygens (including phenoxy) is 1. The van der Waals surface area contributed by atoms with E-state index in [4.69, 9.17) is 4.74 Å². The molecule has 2 aliphatic carbocycles. The second-order valence-corrected chi connectivity index (χ2v) is 6.69. The Morgan fingerprint density at radius 2 is 1.87 bits per heavy atom. The lowest BCUT2D eigenvalue weighted by Gasteiger charge is -2.28. The molecule has 1 N–H and O–H groups in total. The molecule has 0 atom stereocenters. The minimum Gasteiger partial charge on any atom is -0.381 e. The third-order valence-corrected chi connectivity index (χ3v) is 5.11. The van der Waals surface area contributed by atoms with E-state index in [-0.39, 0.29) is 17.7 Å². The monoisotopic (exact) mass is 315 g/mol. The number of rotatable bonds is 3. The molecule has 0 saturated heterocycles. The van der Waals surface area contributed by atoms with Crippen molar-refractivity contribution in [2.75, 3.05) is 7.11 Å². The molecule has 4 heteroatoms. The molecule has 1 amide bonds. The van der Waals surface area contributed by atoms with Crippen molar-refractivity contribution in [1.29, 1.82) is 0 Å². The van der Waals surface area contributed by atoms with Gasteiger partial charge in [0.15, 0.2) is 5.78 Å². The van der Waals surface area contributed by atoms with Gasteiger partial charge in [0.25, 0.3) is 5.91 Å². The minimum atomic E-state index is -0.0228. The van der Waals surface area contributed by atoms with Gasteiger partial charge in [-0.15, -0.1) is 0 Å². The Hall–Kier alpha value is -1.68. The van der Waals surface area contributed by atoms with Crippen LogP contribution in [-0.4, -0.2) is 30.9 Å². The lowest BCUT2D eigenvalue weighted by molar-refractivity contribution is 0.0599. The summed E-state index contributed by atoms with van der Waals surface area (Å²) in [6.45, 7) is 0. The molecule has 0 unspecified atom stereocenters. The van der Waals surface area contributed by atoms with Crippen molar-refractivity contribution >= 4 is 11.7 Å². The first-order valence-electron chi connectivity index (χ1n) is 8.67. The Kier molecular flexibility index (Phi) is 5.11. The Morgan fingerprint density at radius 3 is 2.61 bits per heavy atom. The van der Waals surface area contributed by atoms with Gasteiger partial charge in [-0.25, -0.2) is 0 Å². The minimum absolute atomic E-state index is 0.0228. The van der Waals surface area contributed by atoms with E-state index in [1.165, 1.54) is 0 Å². The lowest BCUT2D eigenvalue weighted by atomic mass is 9.92. The molecule has 1 aromatic rings. The van der Waals surface area contributed by atoms with Crippen LogP contribution in [0.25, 0.3) is 0 Å². The second kappa shape index (κ2) is 7.26. The highest BCUT2D eigenvalue weighted by atomic mass is 16.5.